The number of para-hydroxylation sites is 2. The maximum absolute atomic E-state index is 14.2. The number of halogens is 1. The molecule has 1 fully saturated rings. The maximum Gasteiger partial charge on any atom is 0.263 e. The number of aromatic amines is 1. The number of fused-ring (bicyclic) bond motifs is 1. The zero-order valence-electron chi connectivity index (χ0n) is 16.3. The van der Waals surface area contributed by atoms with E-state index in [-0.39, 0.29) is 17.4 Å². The van der Waals surface area contributed by atoms with Crippen molar-refractivity contribution in [2.45, 2.75) is 18.9 Å². The van der Waals surface area contributed by atoms with E-state index in [4.69, 9.17) is 0 Å². The molecule has 0 spiro atoms. The molecule has 1 unspecified atom stereocenters. The van der Waals surface area contributed by atoms with Crippen molar-refractivity contribution < 1.29 is 4.39 Å². The molecule has 0 saturated carbocycles. The zero-order chi connectivity index (χ0) is 20.5. The first kappa shape index (κ1) is 18.4. The first-order valence-corrected chi connectivity index (χ1v) is 9.98. The highest BCUT2D eigenvalue weighted by Gasteiger charge is 2.23. The van der Waals surface area contributed by atoms with Crippen LogP contribution in [-0.4, -0.2) is 38.9 Å². The lowest BCUT2D eigenvalue weighted by atomic mass is 10.0. The fourth-order valence-corrected chi connectivity index (χ4v) is 3.96. The highest BCUT2D eigenvalue weighted by molar-refractivity contribution is 5.76. The van der Waals surface area contributed by atoms with Gasteiger partial charge in [-0.3, -0.25) is 9.78 Å². The predicted molar refractivity (Wildman–Crippen MR) is 115 cm³/mol. The van der Waals surface area contributed by atoms with Gasteiger partial charge in [-0.1, -0.05) is 30.3 Å². The van der Waals surface area contributed by atoms with Crippen LogP contribution in [0, 0.1) is 5.82 Å². The molecule has 7 nitrogen and oxygen atoms in total. The number of nitrogens with zero attached hydrogens (tertiary/aromatic N) is 4. The first-order chi connectivity index (χ1) is 14.7. The summed E-state index contributed by atoms with van der Waals surface area (Å²) in [5, 5.41) is 8.09. The molecule has 1 aliphatic heterocycles. The third-order valence-electron chi connectivity index (χ3n) is 5.39. The molecule has 0 aliphatic carbocycles. The summed E-state index contributed by atoms with van der Waals surface area (Å²) in [5.41, 5.74) is 1.68. The van der Waals surface area contributed by atoms with Crippen LogP contribution in [0.3, 0.4) is 0 Å². The molecule has 0 bridgehead atoms. The molecule has 152 valence electrons. The van der Waals surface area contributed by atoms with Gasteiger partial charge in [0.05, 0.1) is 17.6 Å². The molecular formula is C22H21FN6O. The van der Waals surface area contributed by atoms with Crippen LogP contribution in [0.5, 0.6) is 0 Å². The van der Waals surface area contributed by atoms with E-state index in [1.165, 1.54) is 12.3 Å². The molecule has 1 saturated heterocycles. The van der Waals surface area contributed by atoms with Crippen molar-refractivity contribution in [3.05, 3.63) is 77.0 Å². The van der Waals surface area contributed by atoms with E-state index in [9.17, 15) is 9.18 Å². The van der Waals surface area contributed by atoms with Crippen LogP contribution in [0.25, 0.3) is 16.7 Å². The normalized spacial score (nSPS) is 16.7. The first-order valence-electron chi connectivity index (χ1n) is 9.98. The summed E-state index contributed by atoms with van der Waals surface area (Å²) in [4.78, 5) is 22.0. The highest BCUT2D eigenvalue weighted by atomic mass is 19.1. The van der Waals surface area contributed by atoms with Crippen LogP contribution in [0.4, 0.5) is 16.0 Å². The van der Waals surface area contributed by atoms with E-state index in [0.717, 1.165) is 25.1 Å². The average Bonchev–Trinajstić information content (AvgIpc) is 3.19. The summed E-state index contributed by atoms with van der Waals surface area (Å²) >= 11 is 0. The molecule has 2 aromatic heterocycles. The van der Waals surface area contributed by atoms with Crippen LogP contribution in [0.1, 0.15) is 12.8 Å². The van der Waals surface area contributed by atoms with Gasteiger partial charge in [0, 0.05) is 19.1 Å². The molecule has 8 heteroatoms. The number of piperidine rings is 1. The Morgan fingerprint density at radius 1 is 1.10 bits per heavy atom. The third kappa shape index (κ3) is 3.41. The lowest BCUT2D eigenvalue weighted by Gasteiger charge is -2.35. The van der Waals surface area contributed by atoms with Gasteiger partial charge in [-0.2, -0.15) is 10.1 Å². The number of benzene rings is 2. The Kier molecular flexibility index (Phi) is 4.66. The number of hydrogen-bond donors (Lipinski definition) is 2. The molecular weight excluding hydrogens is 383 g/mol. The van der Waals surface area contributed by atoms with Gasteiger partial charge in [0.1, 0.15) is 11.2 Å². The topological polar surface area (TPSA) is 78.8 Å². The molecule has 3 heterocycles. The Labute approximate surface area is 172 Å². The summed E-state index contributed by atoms with van der Waals surface area (Å²) in [7, 11) is 0. The van der Waals surface area contributed by atoms with Gasteiger partial charge in [-0.15, -0.1) is 0 Å². The minimum atomic E-state index is -0.244. The molecule has 1 atom stereocenters. The van der Waals surface area contributed by atoms with Crippen LogP contribution in [0.15, 0.2) is 65.6 Å². The Morgan fingerprint density at radius 3 is 2.73 bits per heavy atom. The number of nitrogens with one attached hydrogen (secondary N) is 2. The highest BCUT2D eigenvalue weighted by Crippen LogP contribution is 2.24. The number of rotatable bonds is 4. The van der Waals surface area contributed by atoms with Gasteiger partial charge in [0.2, 0.25) is 5.95 Å². The summed E-state index contributed by atoms with van der Waals surface area (Å²) in [6.45, 7) is 1.42. The van der Waals surface area contributed by atoms with E-state index in [1.807, 2.05) is 41.3 Å². The molecule has 1 aliphatic rings. The minimum Gasteiger partial charge on any atom is -0.367 e. The molecule has 2 aromatic carbocycles. The minimum absolute atomic E-state index is 0.0343. The second-order valence-electron chi connectivity index (χ2n) is 7.42. The standard InChI is InChI=1S/C22H21FN6O/c23-18-10-4-5-11-19(18)28-12-6-7-15(14-28)25-22-26-20-17(21(30)27-22)13-24-29(20)16-8-2-1-3-9-16/h1-5,8-11,13,15H,6-7,12,14H2,(H2,25,26,27,30). The molecule has 30 heavy (non-hydrogen) atoms. The van der Waals surface area contributed by atoms with Gasteiger partial charge in [-0.25, -0.2) is 9.07 Å². The van der Waals surface area contributed by atoms with Crippen molar-refractivity contribution in [3.63, 3.8) is 0 Å². The average molecular weight is 404 g/mol. The van der Waals surface area contributed by atoms with E-state index >= 15 is 0 Å². The van der Waals surface area contributed by atoms with Crippen molar-refractivity contribution in [2.24, 2.45) is 0 Å². The zero-order valence-corrected chi connectivity index (χ0v) is 16.3. The lowest BCUT2D eigenvalue weighted by molar-refractivity contribution is 0.517. The van der Waals surface area contributed by atoms with Crippen molar-refractivity contribution in [1.82, 2.24) is 19.7 Å². The smallest absolute Gasteiger partial charge is 0.263 e. The fourth-order valence-electron chi connectivity index (χ4n) is 3.96. The third-order valence-corrected chi connectivity index (χ3v) is 5.39. The fraction of sp³-hybridized carbons (Fsp3) is 0.227. The summed E-state index contributed by atoms with van der Waals surface area (Å²) in [6.07, 6.45) is 3.35. The predicted octanol–water partition coefficient (Wildman–Crippen LogP) is 3.33. The van der Waals surface area contributed by atoms with Gasteiger partial charge in [-0.05, 0) is 37.1 Å². The number of hydrogen-bond acceptors (Lipinski definition) is 5. The molecule has 4 aromatic rings. The Balaban J connectivity index is 1.43. The molecule has 0 amide bonds. The van der Waals surface area contributed by atoms with Crippen LogP contribution < -0.4 is 15.8 Å². The van der Waals surface area contributed by atoms with Gasteiger partial charge in [0.15, 0.2) is 5.65 Å². The second kappa shape index (κ2) is 7.62. The van der Waals surface area contributed by atoms with Crippen LogP contribution >= 0.6 is 0 Å². The Hall–Kier alpha value is -3.68. The Bertz CT molecular complexity index is 1240. The largest absolute Gasteiger partial charge is 0.367 e. The SMILES string of the molecule is O=c1[nH]c(NC2CCCN(c3ccccc3F)C2)nc2c1cnn2-c1ccccc1. The van der Waals surface area contributed by atoms with E-state index < -0.39 is 0 Å². The number of aromatic nitrogens is 4. The van der Waals surface area contributed by atoms with Crippen molar-refractivity contribution >= 4 is 22.7 Å². The monoisotopic (exact) mass is 404 g/mol. The number of anilines is 2. The van der Waals surface area contributed by atoms with Gasteiger partial charge in [0.25, 0.3) is 5.56 Å². The van der Waals surface area contributed by atoms with E-state index in [0.29, 0.717) is 29.2 Å². The van der Waals surface area contributed by atoms with Gasteiger partial charge < -0.3 is 10.2 Å². The quantitative estimate of drug-likeness (QED) is 0.546. The number of H-pyrrole nitrogens is 1. The molecule has 5 rings (SSSR count). The maximum atomic E-state index is 14.2. The summed E-state index contributed by atoms with van der Waals surface area (Å²) < 4.78 is 15.8. The second-order valence-corrected chi connectivity index (χ2v) is 7.42. The Morgan fingerprint density at radius 2 is 1.90 bits per heavy atom. The van der Waals surface area contributed by atoms with Crippen molar-refractivity contribution in [3.8, 4) is 5.69 Å². The summed E-state index contributed by atoms with van der Waals surface area (Å²) in [5.74, 6) is 0.170. The van der Waals surface area contributed by atoms with Crippen LogP contribution in [-0.2, 0) is 0 Å². The molecule has 2 N–H and O–H groups in total. The van der Waals surface area contributed by atoms with Crippen LogP contribution in [0.2, 0.25) is 0 Å². The van der Waals surface area contributed by atoms with E-state index in [1.54, 1.807) is 16.8 Å². The van der Waals surface area contributed by atoms with Crippen molar-refractivity contribution in [2.75, 3.05) is 23.3 Å². The van der Waals surface area contributed by atoms with Gasteiger partial charge >= 0.3 is 0 Å². The lowest BCUT2D eigenvalue weighted by Crippen LogP contribution is -2.43. The van der Waals surface area contributed by atoms with Crippen molar-refractivity contribution in [1.29, 1.82) is 0 Å². The molecule has 0 radical (unpaired) electrons. The van der Waals surface area contributed by atoms with E-state index in [2.05, 4.69) is 20.4 Å². The summed E-state index contributed by atoms with van der Waals surface area (Å²) in [6, 6.07) is 16.4.